The highest BCUT2D eigenvalue weighted by Gasteiger charge is 2.15. The molecule has 2 aliphatic rings. The normalized spacial score (nSPS) is 13.7. The highest BCUT2D eigenvalue weighted by atomic mass is 16.6. The number of ether oxygens (including phenoxy) is 1. The molecule has 0 aliphatic heterocycles. The molecule has 0 spiro atoms. The second-order valence-electron chi connectivity index (χ2n) is 6.52. The van der Waals surface area contributed by atoms with Gasteiger partial charge in [-0.2, -0.15) is 0 Å². The summed E-state index contributed by atoms with van der Waals surface area (Å²) in [7, 11) is 0. The minimum Gasteiger partial charge on any atom is -0.443 e. The molecular weight excluding hydrogens is 328 g/mol. The van der Waals surface area contributed by atoms with Crippen LogP contribution in [0.3, 0.4) is 0 Å². The Morgan fingerprint density at radius 3 is 2.38 bits per heavy atom. The number of nitrogens with one attached hydrogen (secondary N) is 2. The van der Waals surface area contributed by atoms with Gasteiger partial charge in [-0.25, -0.2) is 10.2 Å². The van der Waals surface area contributed by atoms with Crippen molar-refractivity contribution < 1.29 is 14.3 Å². The summed E-state index contributed by atoms with van der Waals surface area (Å²) < 4.78 is 5.21. The lowest BCUT2D eigenvalue weighted by Gasteiger charge is -2.19. The summed E-state index contributed by atoms with van der Waals surface area (Å²) >= 11 is 0. The van der Waals surface area contributed by atoms with E-state index in [-0.39, 0.29) is 6.61 Å². The predicted molar refractivity (Wildman–Crippen MR) is 101 cm³/mol. The van der Waals surface area contributed by atoms with Gasteiger partial charge in [0.15, 0.2) is 6.29 Å². The number of anilines is 1. The molecule has 2 N–H and O–H groups in total. The van der Waals surface area contributed by atoms with E-state index >= 15 is 0 Å². The zero-order chi connectivity index (χ0) is 18.2. The van der Waals surface area contributed by atoms with Crippen molar-refractivity contribution in [3.63, 3.8) is 0 Å². The summed E-state index contributed by atoms with van der Waals surface area (Å²) in [4.78, 5) is 23.7. The summed E-state index contributed by atoms with van der Waals surface area (Å²) in [6.07, 6.45) is 6.57. The van der Waals surface area contributed by atoms with E-state index in [0.717, 1.165) is 48.7 Å². The molecule has 2 bridgehead atoms. The van der Waals surface area contributed by atoms with Crippen LogP contribution in [0, 0.1) is 0 Å². The van der Waals surface area contributed by atoms with Crippen LogP contribution in [0.15, 0.2) is 42.5 Å². The first-order chi connectivity index (χ1) is 12.8. The third-order valence-corrected chi connectivity index (χ3v) is 4.68. The molecule has 0 atom stereocenters. The highest BCUT2D eigenvalue weighted by Crippen LogP contribution is 2.28. The molecule has 5 nitrogen and oxygen atoms in total. The fraction of sp³-hybridized carbons (Fsp3) is 0.333. The van der Waals surface area contributed by atoms with E-state index < -0.39 is 6.09 Å². The summed E-state index contributed by atoms with van der Waals surface area (Å²) in [6.45, 7) is 0.196. The van der Waals surface area contributed by atoms with E-state index in [1.54, 1.807) is 0 Å². The number of fused-ring (bicyclic) bond motifs is 7. The molecule has 0 fully saturated rings. The van der Waals surface area contributed by atoms with Gasteiger partial charge in [-0.1, -0.05) is 55.3 Å². The smallest absolute Gasteiger partial charge is 0.426 e. The monoisotopic (exact) mass is 352 g/mol. The van der Waals surface area contributed by atoms with Crippen LogP contribution >= 0.6 is 0 Å². The van der Waals surface area contributed by atoms with Gasteiger partial charge in [-0.3, -0.25) is 10.2 Å². The fourth-order valence-electron chi connectivity index (χ4n) is 3.27. The molecule has 2 aromatic rings. The molecule has 0 aromatic heterocycles. The van der Waals surface area contributed by atoms with Gasteiger partial charge in [0, 0.05) is 5.56 Å². The predicted octanol–water partition coefficient (Wildman–Crippen LogP) is 4.41. The fourth-order valence-corrected chi connectivity index (χ4v) is 3.27. The minimum absolute atomic E-state index is 0.196. The lowest BCUT2D eigenvalue weighted by atomic mass is 9.92. The van der Waals surface area contributed by atoms with Crippen molar-refractivity contribution in [2.75, 3.05) is 5.43 Å². The number of rotatable bonds is 5. The maximum absolute atomic E-state index is 12.0. The van der Waals surface area contributed by atoms with Gasteiger partial charge in [0.1, 0.15) is 6.61 Å². The topological polar surface area (TPSA) is 67.4 Å². The molecule has 0 unspecified atom stereocenters. The molecule has 0 saturated heterocycles. The highest BCUT2D eigenvalue weighted by molar-refractivity contribution is 5.88. The van der Waals surface area contributed by atoms with E-state index in [9.17, 15) is 9.59 Å². The Bertz CT molecular complexity index is 759. The number of carbonyl (C=O) groups is 2. The number of hydrogen-bond acceptors (Lipinski definition) is 4. The molecule has 5 heteroatoms. The van der Waals surface area contributed by atoms with Gasteiger partial charge in [0.05, 0.1) is 5.69 Å². The zero-order valence-corrected chi connectivity index (χ0v) is 14.8. The summed E-state index contributed by atoms with van der Waals surface area (Å²) in [5.74, 6) is 0. The number of hydrazine groups is 1. The number of carbonyl (C=O) groups excluding carboxylic acids is 2. The van der Waals surface area contributed by atoms with Gasteiger partial charge in [-0.15, -0.1) is 0 Å². The second kappa shape index (κ2) is 9.04. The first-order valence-corrected chi connectivity index (χ1v) is 9.10. The van der Waals surface area contributed by atoms with Crippen LogP contribution in [0.5, 0.6) is 0 Å². The molecule has 0 radical (unpaired) electrons. The summed E-state index contributed by atoms with van der Waals surface area (Å²) in [5.41, 5.74) is 9.79. The first-order valence-electron chi connectivity index (χ1n) is 9.10. The molecule has 2 aliphatic carbocycles. The Hall–Kier alpha value is -2.82. The molecular formula is C21H24N2O3. The van der Waals surface area contributed by atoms with Gasteiger partial charge < -0.3 is 4.74 Å². The zero-order valence-electron chi connectivity index (χ0n) is 14.8. The molecule has 136 valence electrons. The van der Waals surface area contributed by atoms with Crippen molar-refractivity contribution in [3.8, 4) is 0 Å². The van der Waals surface area contributed by atoms with Crippen LogP contribution in [0.1, 0.15) is 52.7 Å². The third kappa shape index (κ3) is 4.63. The van der Waals surface area contributed by atoms with Crippen LogP contribution in [-0.4, -0.2) is 12.4 Å². The summed E-state index contributed by atoms with van der Waals surface area (Å²) in [6, 6.07) is 13.6. The quantitative estimate of drug-likeness (QED) is 0.618. The van der Waals surface area contributed by atoms with Crippen LogP contribution < -0.4 is 10.9 Å². The third-order valence-electron chi connectivity index (χ3n) is 4.68. The number of benzene rings is 2. The maximum atomic E-state index is 12.0. The molecule has 4 rings (SSSR count). The molecule has 0 heterocycles. The first kappa shape index (κ1) is 18.0. The van der Waals surface area contributed by atoms with Crippen LogP contribution in [0.2, 0.25) is 0 Å². The summed E-state index contributed by atoms with van der Waals surface area (Å²) in [5, 5.41) is 0. The lowest BCUT2D eigenvalue weighted by molar-refractivity contribution is 0.112. The Labute approximate surface area is 153 Å². The van der Waals surface area contributed by atoms with Crippen molar-refractivity contribution in [2.45, 2.75) is 45.1 Å². The number of hydrogen-bond donors (Lipinski definition) is 2. The molecule has 26 heavy (non-hydrogen) atoms. The number of amides is 1. The van der Waals surface area contributed by atoms with E-state index in [1.165, 1.54) is 12.8 Å². The van der Waals surface area contributed by atoms with Crippen molar-refractivity contribution in [1.82, 2.24) is 5.43 Å². The van der Waals surface area contributed by atoms with Crippen molar-refractivity contribution in [1.29, 1.82) is 0 Å². The van der Waals surface area contributed by atoms with Crippen molar-refractivity contribution >= 4 is 18.1 Å². The van der Waals surface area contributed by atoms with E-state index in [0.29, 0.717) is 11.3 Å². The number of aldehydes is 1. The minimum atomic E-state index is -0.575. The molecule has 0 saturated carbocycles. The van der Waals surface area contributed by atoms with Crippen molar-refractivity contribution in [3.05, 3.63) is 64.7 Å². The lowest BCUT2D eigenvalue weighted by Crippen LogP contribution is -2.31. The Kier molecular flexibility index (Phi) is 6.25. The number of aryl methyl sites for hydroxylation is 2. The Morgan fingerprint density at radius 1 is 0.962 bits per heavy atom. The average molecular weight is 352 g/mol. The maximum Gasteiger partial charge on any atom is 0.426 e. The van der Waals surface area contributed by atoms with Gasteiger partial charge in [0.25, 0.3) is 0 Å². The second-order valence-corrected chi connectivity index (χ2v) is 6.52. The van der Waals surface area contributed by atoms with Gasteiger partial charge in [0.2, 0.25) is 0 Å². The van der Waals surface area contributed by atoms with Crippen LogP contribution in [-0.2, 0) is 24.2 Å². The SMILES string of the molecule is O=Cc1c2ccc(c1NNC(=O)OCc1ccccc1)CCCCCC2. The largest absolute Gasteiger partial charge is 0.443 e. The molecule has 2 aromatic carbocycles. The van der Waals surface area contributed by atoms with Crippen LogP contribution in [0.4, 0.5) is 10.5 Å². The van der Waals surface area contributed by atoms with E-state index in [4.69, 9.17) is 4.74 Å². The standard InChI is InChI=1S/C21H24N2O3/c24-14-19-17-10-6-1-2-7-11-18(13-12-17)20(19)22-23-21(25)26-15-16-8-4-3-5-9-16/h3-5,8-9,12-14,22H,1-2,6-7,10-11,15H2,(H,23,25). The average Bonchev–Trinajstić information content (AvgIpc) is 2.69. The molecule has 1 amide bonds. The van der Waals surface area contributed by atoms with Gasteiger partial charge in [-0.05, 0) is 42.4 Å². The van der Waals surface area contributed by atoms with Crippen LogP contribution in [0.25, 0.3) is 0 Å². The van der Waals surface area contributed by atoms with E-state index in [2.05, 4.69) is 10.9 Å². The van der Waals surface area contributed by atoms with E-state index in [1.807, 2.05) is 42.5 Å². The van der Waals surface area contributed by atoms with Gasteiger partial charge >= 0.3 is 6.09 Å². The van der Waals surface area contributed by atoms with Crippen molar-refractivity contribution in [2.24, 2.45) is 0 Å². The Morgan fingerprint density at radius 2 is 1.65 bits per heavy atom. The Balaban J connectivity index is 1.67.